The van der Waals surface area contributed by atoms with Crippen LogP contribution < -0.4 is 10.6 Å². The molecule has 0 saturated carbocycles. The van der Waals surface area contributed by atoms with Crippen molar-refractivity contribution in [2.45, 2.75) is 6.92 Å². The monoisotopic (exact) mass is 398 g/mol. The summed E-state index contributed by atoms with van der Waals surface area (Å²) in [6.07, 6.45) is 0. The van der Waals surface area contributed by atoms with E-state index in [9.17, 15) is 18.4 Å². The summed E-state index contributed by atoms with van der Waals surface area (Å²) in [6, 6.07) is 10.9. The van der Waals surface area contributed by atoms with Crippen LogP contribution in [0.25, 0.3) is 0 Å². The topological polar surface area (TPSA) is 93.2 Å². The minimum atomic E-state index is -0.813. The summed E-state index contributed by atoms with van der Waals surface area (Å²) < 4.78 is 32.3. The molecule has 1 amide bonds. The first kappa shape index (κ1) is 19.9. The average Bonchev–Trinajstić information content (AvgIpc) is 2.70. The number of ether oxygens (including phenoxy) is 1. The number of para-hydroxylation sites is 1. The molecule has 7 nitrogen and oxygen atoms in total. The lowest BCUT2D eigenvalue weighted by Crippen LogP contribution is -2.16. The van der Waals surface area contributed by atoms with E-state index in [0.29, 0.717) is 16.9 Å². The Labute approximate surface area is 164 Å². The molecule has 148 valence electrons. The number of carbonyl (C=O) groups is 2. The zero-order valence-corrected chi connectivity index (χ0v) is 15.5. The van der Waals surface area contributed by atoms with E-state index in [1.54, 1.807) is 6.92 Å². The van der Waals surface area contributed by atoms with Gasteiger partial charge in [-0.15, -0.1) is 0 Å². The maximum Gasteiger partial charge on any atom is 0.337 e. The van der Waals surface area contributed by atoms with Gasteiger partial charge in [0.2, 0.25) is 5.95 Å². The SMILES string of the molecule is COC(=O)c1ccc(NC(=O)c2cc(C)nc(Nc3c(F)cccc3F)n2)cc1. The fourth-order valence-electron chi connectivity index (χ4n) is 2.47. The van der Waals surface area contributed by atoms with Crippen LogP contribution in [-0.2, 0) is 4.74 Å². The number of rotatable bonds is 5. The molecule has 0 unspecified atom stereocenters. The predicted octanol–water partition coefficient (Wildman–Crippen LogP) is 3.85. The number of amides is 1. The number of aryl methyl sites for hydroxylation is 1. The fourth-order valence-corrected chi connectivity index (χ4v) is 2.47. The number of nitrogens with one attached hydrogen (secondary N) is 2. The molecule has 0 atom stereocenters. The van der Waals surface area contributed by atoms with Gasteiger partial charge in [-0.1, -0.05) is 6.07 Å². The van der Waals surface area contributed by atoms with Crippen molar-refractivity contribution in [2.24, 2.45) is 0 Å². The highest BCUT2D eigenvalue weighted by Gasteiger charge is 2.15. The predicted molar refractivity (Wildman–Crippen MR) is 102 cm³/mol. The van der Waals surface area contributed by atoms with Crippen LogP contribution in [0.2, 0.25) is 0 Å². The molecule has 1 heterocycles. The molecule has 0 radical (unpaired) electrons. The maximum atomic E-state index is 13.8. The first-order valence-electron chi connectivity index (χ1n) is 8.44. The number of halogens is 2. The van der Waals surface area contributed by atoms with Crippen molar-refractivity contribution >= 4 is 29.2 Å². The Kier molecular flexibility index (Phi) is 5.77. The zero-order chi connectivity index (χ0) is 21.0. The number of carbonyl (C=O) groups excluding carboxylic acids is 2. The first-order valence-corrected chi connectivity index (χ1v) is 8.44. The van der Waals surface area contributed by atoms with Crippen molar-refractivity contribution in [1.82, 2.24) is 9.97 Å². The van der Waals surface area contributed by atoms with Crippen molar-refractivity contribution in [1.29, 1.82) is 0 Å². The van der Waals surface area contributed by atoms with Gasteiger partial charge in [-0.05, 0) is 49.4 Å². The number of esters is 1. The van der Waals surface area contributed by atoms with Crippen molar-refractivity contribution < 1.29 is 23.1 Å². The summed E-state index contributed by atoms with van der Waals surface area (Å²) in [4.78, 5) is 32.0. The highest BCUT2D eigenvalue weighted by atomic mass is 19.1. The molecule has 0 fully saturated rings. The van der Waals surface area contributed by atoms with Gasteiger partial charge < -0.3 is 15.4 Å². The number of hydrogen-bond acceptors (Lipinski definition) is 6. The minimum absolute atomic E-state index is 0.00575. The lowest BCUT2D eigenvalue weighted by atomic mass is 10.2. The van der Waals surface area contributed by atoms with Crippen LogP contribution in [0.4, 0.5) is 26.1 Å². The zero-order valence-electron chi connectivity index (χ0n) is 15.5. The van der Waals surface area contributed by atoms with E-state index in [-0.39, 0.29) is 11.6 Å². The van der Waals surface area contributed by atoms with Crippen LogP contribution in [0.5, 0.6) is 0 Å². The Bertz CT molecular complexity index is 1050. The van der Waals surface area contributed by atoms with Gasteiger partial charge in [0.15, 0.2) is 0 Å². The molecular weight excluding hydrogens is 382 g/mol. The smallest absolute Gasteiger partial charge is 0.337 e. The Hall–Kier alpha value is -3.88. The minimum Gasteiger partial charge on any atom is -0.465 e. The Morgan fingerprint density at radius 1 is 1.00 bits per heavy atom. The number of nitrogens with zero attached hydrogens (tertiary/aromatic N) is 2. The van der Waals surface area contributed by atoms with E-state index in [2.05, 4.69) is 25.3 Å². The summed E-state index contributed by atoms with van der Waals surface area (Å²) in [5.41, 5.74) is 0.762. The number of anilines is 3. The van der Waals surface area contributed by atoms with E-state index in [0.717, 1.165) is 12.1 Å². The summed E-state index contributed by atoms with van der Waals surface area (Å²) >= 11 is 0. The molecule has 3 rings (SSSR count). The molecule has 29 heavy (non-hydrogen) atoms. The van der Waals surface area contributed by atoms with Crippen LogP contribution in [-0.4, -0.2) is 29.0 Å². The molecule has 0 spiro atoms. The molecule has 0 aliphatic carbocycles. The largest absolute Gasteiger partial charge is 0.465 e. The second-order valence-electron chi connectivity index (χ2n) is 5.96. The third-order valence-electron chi connectivity index (χ3n) is 3.85. The van der Waals surface area contributed by atoms with Crippen molar-refractivity contribution in [3.63, 3.8) is 0 Å². The molecule has 2 N–H and O–H groups in total. The number of hydrogen-bond donors (Lipinski definition) is 2. The van der Waals surface area contributed by atoms with Gasteiger partial charge in [-0.25, -0.2) is 23.5 Å². The molecule has 0 aliphatic rings. The van der Waals surface area contributed by atoms with Gasteiger partial charge in [0.05, 0.1) is 12.7 Å². The third kappa shape index (κ3) is 4.70. The Morgan fingerprint density at radius 2 is 1.66 bits per heavy atom. The van der Waals surface area contributed by atoms with Gasteiger partial charge in [-0.3, -0.25) is 4.79 Å². The summed E-state index contributed by atoms with van der Waals surface area (Å²) in [7, 11) is 1.27. The summed E-state index contributed by atoms with van der Waals surface area (Å²) in [5, 5.41) is 5.09. The fraction of sp³-hybridized carbons (Fsp3) is 0.100. The van der Waals surface area contributed by atoms with Gasteiger partial charge in [0.25, 0.3) is 5.91 Å². The summed E-state index contributed by atoms with van der Waals surface area (Å²) in [6.45, 7) is 1.62. The van der Waals surface area contributed by atoms with E-state index in [1.165, 1.54) is 43.5 Å². The lowest BCUT2D eigenvalue weighted by Gasteiger charge is -2.10. The van der Waals surface area contributed by atoms with Crippen molar-refractivity contribution in [3.8, 4) is 0 Å². The van der Waals surface area contributed by atoms with E-state index in [1.807, 2.05) is 0 Å². The maximum absolute atomic E-state index is 13.8. The highest BCUT2D eigenvalue weighted by molar-refractivity contribution is 6.03. The van der Waals surface area contributed by atoms with Crippen molar-refractivity contribution in [3.05, 3.63) is 77.1 Å². The van der Waals surface area contributed by atoms with E-state index < -0.39 is 29.2 Å². The molecule has 0 aliphatic heterocycles. The van der Waals surface area contributed by atoms with E-state index in [4.69, 9.17) is 0 Å². The third-order valence-corrected chi connectivity index (χ3v) is 3.85. The normalized spacial score (nSPS) is 10.3. The second kappa shape index (κ2) is 8.42. The summed E-state index contributed by atoms with van der Waals surface area (Å²) in [5.74, 6) is -2.80. The van der Waals surface area contributed by atoms with Crippen LogP contribution in [0, 0.1) is 18.6 Å². The number of benzene rings is 2. The van der Waals surface area contributed by atoms with Gasteiger partial charge >= 0.3 is 5.97 Å². The average molecular weight is 398 g/mol. The highest BCUT2D eigenvalue weighted by Crippen LogP contribution is 2.22. The second-order valence-corrected chi connectivity index (χ2v) is 5.96. The molecule has 0 bridgehead atoms. The standard InChI is InChI=1S/C20H16F2N4O3/c1-11-10-16(18(27)24-13-8-6-12(7-9-13)19(28)29-2)25-20(23-11)26-17-14(21)4-3-5-15(17)22/h3-10H,1-2H3,(H,24,27)(H,23,25,26). The molecule has 9 heteroatoms. The lowest BCUT2D eigenvalue weighted by molar-refractivity contribution is 0.0600. The number of methoxy groups -OCH3 is 1. The molecular formula is C20H16F2N4O3. The van der Waals surface area contributed by atoms with E-state index >= 15 is 0 Å². The van der Waals surface area contributed by atoms with Crippen LogP contribution in [0.15, 0.2) is 48.5 Å². The molecule has 3 aromatic rings. The van der Waals surface area contributed by atoms with Crippen LogP contribution in [0.1, 0.15) is 26.5 Å². The Balaban J connectivity index is 1.80. The van der Waals surface area contributed by atoms with Crippen LogP contribution >= 0.6 is 0 Å². The van der Waals surface area contributed by atoms with Gasteiger partial charge in [-0.2, -0.15) is 0 Å². The number of aromatic nitrogens is 2. The Morgan fingerprint density at radius 3 is 2.28 bits per heavy atom. The van der Waals surface area contributed by atoms with Crippen molar-refractivity contribution in [2.75, 3.05) is 17.7 Å². The molecule has 1 aromatic heterocycles. The first-order chi connectivity index (χ1) is 13.9. The van der Waals surface area contributed by atoms with Crippen LogP contribution in [0.3, 0.4) is 0 Å². The molecule has 2 aromatic carbocycles. The quantitative estimate of drug-likeness (QED) is 0.635. The van der Waals surface area contributed by atoms with Gasteiger partial charge in [0, 0.05) is 11.4 Å². The van der Waals surface area contributed by atoms with Gasteiger partial charge in [0.1, 0.15) is 23.0 Å². The molecule has 0 saturated heterocycles.